The van der Waals surface area contributed by atoms with Gasteiger partial charge in [0.1, 0.15) is 0 Å². The molecule has 2 saturated carbocycles. The van der Waals surface area contributed by atoms with Crippen molar-refractivity contribution < 1.29 is 4.79 Å². The van der Waals surface area contributed by atoms with Crippen molar-refractivity contribution in [3.63, 3.8) is 0 Å². The van der Waals surface area contributed by atoms with E-state index < -0.39 is 0 Å². The third-order valence-corrected chi connectivity index (χ3v) is 5.36. The first kappa shape index (κ1) is 15.8. The van der Waals surface area contributed by atoms with Gasteiger partial charge in [-0.3, -0.25) is 9.69 Å². The molecule has 1 amide bonds. The number of carbonyl (C=O) groups is 1. The molecule has 0 saturated heterocycles. The molecule has 0 aromatic carbocycles. The lowest BCUT2D eigenvalue weighted by Crippen LogP contribution is -2.62. The summed E-state index contributed by atoms with van der Waals surface area (Å²) in [5.74, 6) is 0.175. The molecule has 0 heterocycles. The van der Waals surface area contributed by atoms with Crippen LogP contribution in [0.1, 0.15) is 78.1 Å². The summed E-state index contributed by atoms with van der Waals surface area (Å²) < 4.78 is 0. The van der Waals surface area contributed by atoms with Crippen LogP contribution in [0.4, 0.5) is 0 Å². The molecule has 0 unspecified atom stereocenters. The Balaban J connectivity index is 2.19. The Labute approximate surface area is 124 Å². The Morgan fingerprint density at radius 2 is 1.30 bits per heavy atom. The SMILES string of the molecule is CNC(=O)C(C)(C)N(C1CCCCC1)C1CCCCC1. The first-order valence-electron chi connectivity index (χ1n) is 8.58. The quantitative estimate of drug-likeness (QED) is 0.855. The van der Waals surface area contributed by atoms with Crippen LogP contribution in [-0.4, -0.2) is 35.5 Å². The van der Waals surface area contributed by atoms with Crippen LogP contribution >= 0.6 is 0 Å². The van der Waals surface area contributed by atoms with Gasteiger partial charge in [0, 0.05) is 19.1 Å². The van der Waals surface area contributed by atoms with E-state index in [0.717, 1.165) is 0 Å². The van der Waals surface area contributed by atoms with Crippen molar-refractivity contribution in [1.29, 1.82) is 0 Å². The number of hydrogen-bond donors (Lipinski definition) is 1. The second-order valence-corrected chi connectivity index (χ2v) is 7.13. The van der Waals surface area contributed by atoms with E-state index in [2.05, 4.69) is 24.1 Å². The molecular weight excluding hydrogens is 248 g/mol. The highest BCUT2D eigenvalue weighted by Gasteiger charge is 2.42. The van der Waals surface area contributed by atoms with Crippen molar-refractivity contribution in [2.75, 3.05) is 7.05 Å². The van der Waals surface area contributed by atoms with Crippen LogP contribution in [-0.2, 0) is 4.79 Å². The Bertz CT molecular complexity index is 297. The van der Waals surface area contributed by atoms with Crippen molar-refractivity contribution in [2.24, 2.45) is 0 Å². The van der Waals surface area contributed by atoms with E-state index in [9.17, 15) is 4.79 Å². The topological polar surface area (TPSA) is 32.3 Å². The van der Waals surface area contributed by atoms with E-state index >= 15 is 0 Å². The van der Waals surface area contributed by atoms with Gasteiger partial charge in [0.15, 0.2) is 0 Å². The maximum Gasteiger partial charge on any atom is 0.239 e. The molecule has 0 radical (unpaired) electrons. The number of amides is 1. The second kappa shape index (κ2) is 6.93. The lowest BCUT2D eigenvalue weighted by atomic mass is 9.84. The molecule has 0 atom stereocenters. The maximum atomic E-state index is 12.4. The first-order valence-corrected chi connectivity index (χ1v) is 8.58. The fraction of sp³-hybridized carbons (Fsp3) is 0.941. The minimum absolute atomic E-state index is 0.175. The highest BCUT2D eigenvalue weighted by atomic mass is 16.2. The predicted octanol–water partition coefficient (Wildman–Crippen LogP) is 3.48. The van der Waals surface area contributed by atoms with Gasteiger partial charge in [-0.15, -0.1) is 0 Å². The number of hydrogen-bond acceptors (Lipinski definition) is 2. The molecule has 2 aliphatic carbocycles. The van der Waals surface area contributed by atoms with Crippen LogP contribution in [0.5, 0.6) is 0 Å². The molecule has 0 aromatic heterocycles. The van der Waals surface area contributed by atoms with Crippen molar-refractivity contribution in [2.45, 2.75) is 95.7 Å². The fourth-order valence-corrected chi connectivity index (χ4v) is 4.35. The maximum absolute atomic E-state index is 12.4. The summed E-state index contributed by atoms with van der Waals surface area (Å²) in [6.07, 6.45) is 13.2. The number of likely N-dealkylation sites (N-methyl/N-ethyl adjacent to an activating group) is 1. The number of nitrogens with zero attached hydrogens (tertiary/aromatic N) is 1. The molecule has 2 fully saturated rings. The molecule has 2 aliphatic rings. The largest absolute Gasteiger partial charge is 0.358 e. The summed E-state index contributed by atoms with van der Waals surface area (Å²) in [7, 11) is 1.77. The number of rotatable bonds is 4. The molecule has 0 aromatic rings. The van der Waals surface area contributed by atoms with E-state index in [1.54, 1.807) is 7.05 Å². The van der Waals surface area contributed by atoms with Crippen LogP contribution in [0.15, 0.2) is 0 Å². The van der Waals surface area contributed by atoms with Gasteiger partial charge in [-0.1, -0.05) is 38.5 Å². The van der Waals surface area contributed by atoms with Crippen molar-refractivity contribution in [3.8, 4) is 0 Å². The van der Waals surface area contributed by atoms with Crippen molar-refractivity contribution in [1.82, 2.24) is 10.2 Å². The number of carbonyl (C=O) groups excluding carboxylic acids is 1. The second-order valence-electron chi connectivity index (χ2n) is 7.13. The Morgan fingerprint density at radius 1 is 0.900 bits per heavy atom. The molecule has 0 spiro atoms. The van der Waals surface area contributed by atoms with Crippen LogP contribution in [0.25, 0.3) is 0 Å². The van der Waals surface area contributed by atoms with Gasteiger partial charge in [0.05, 0.1) is 5.54 Å². The minimum atomic E-state index is -0.376. The summed E-state index contributed by atoms with van der Waals surface area (Å²) in [6.45, 7) is 4.24. The van der Waals surface area contributed by atoms with E-state index in [-0.39, 0.29) is 11.4 Å². The molecule has 1 N–H and O–H groups in total. The van der Waals surface area contributed by atoms with Gasteiger partial charge in [0.25, 0.3) is 0 Å². The smallest absolute Gasteiger partial charge is 0.239 e. The summed E-state index contributed by atoms with van der Waals surface area (Å²) in [5, 5.41) is 2.88. The lowest BCUT2D eigenvalue weighted by Gasteiger charge is -2.49. The summed E-state index contributed by atoms with van der Waals surface area (Å²) >= 11 is 0. The lowest BCUT2D eigenvalue weighted by molar-refractivity contribution is -0.136. The zero-order chi connectivity index (χ0) is 14.6. The van der Waals surface area contributed by atoms with Crippen LogP contribution < -0.4 is 5.32 Å². The highest BCUT2D eigenvalue weighted by Crippen LogP contribution is 2.35. The van der Waals surface area contributed by atoms with Crippen LogP contribution in [0, 0.1) is 0 Å². The monoisotopic (exact) mass is 280 g/mol. The number of nitrogens with one attached hydrogen (secondary N) is 1. The van der Waals surface area contributed by atoms with Gasteiger partial charge in [-0.05, 0) is 39.5 Å². The Kier molecular flexibility index (Phi) is 5.48. The molecule has 0 aliphatic heterocycles. The third kappa shape index (κ3) is 3.36. The zero-order valence-electron chi connectivity index (χ0n) is 13.6. The predicted molar refractivity (Wildman–Crippen MR) is 83.7 cm³/mol. The van der Waals surface area contributed by atoms with Crippen LogP contribution in [0.2, 0.25) is 0 Å². The standard InChI is InChI=1S/C17H32N2O/c1-17(2,16(20)18-3)19(14-10-6-4-7-11-14)15-12-8-5-9-13-15/h14-15H,4-13H2,1-3H3,(H,18,20). The Hall–Kier alpha value is -0.570. The van der Waals surface area contributed by atoms with Crippen molar-refractivity contribution >= 4 is 5.91 Å². The molecular formula is C17H32N2O. The van der Waals surface area contributed by atoms with Gasteiger partial charge in [-0.2, -0.15) is 0 Å². The van der Waals surface area contributed by atoms with E-state index in [4.69, 9.17) is 0 Å². The molecule has 20 heavy (non-hydrogen) atoms. The first-order chi connectivity index (χ1) is 9.57. The Morgan fingerprint density at radius 3 is 1.65 bits per heavy atom. The van der Waals surface area contributed by atoms with E-state index in [1.165, 1.54) is 64.2 Å². The molecule has 2 rings (SSSR count). The fourth-order valence-electron chi connectivity index (χ4n) is 4.35. The third-order valence-electron chi connectivity index (χ3n) is 5.36. The van der Waals surface area contributed by atoms with Crippen LogP contribution in [0.3, 0.4) is 0 Å². The molecule has 116 valence electrons. The molecule has 0 bridgehead atoms. The van der Waals surface area contributed by atoms with E-state index in [0.29, 0.717) is 12.1 Å². The van der Waals surface area contributed by atoms with E-state index in [1.807, 2.05) is 0 Å². The minimum Gasteiger partial charge on any atom is -0.358 e. The summed E-state index contributed by atoms with van der Waals surface area (Å²) in [6, 6.07) is 1.22. The normalized spacial score (nSPS) is 23.0. The van der Waals surface area contributed by atoms with Gasteiger partial charge < -0.3 is 5.32 Å². The molecule has 3 heteroatoms. The summed E-state index contributed by atoms with van der Waals surface area (Å²) in [4.78, 5) is 15.0. The average molecular weight is 280 g/mol. The van der Waals surface area contributed by atoms with Gasteiger partial charge in [0.2, 0.25) is 5.91 Å². The average Bonchev–Trinajstić information content (AvgIpc) is 2.48. The van der Waals surface area contributed by atoms with Gasteiger partial charge in [-0.25, -0.2) is 0 Å². The van der Waals surface area contributed by atoms with Crippen molar-refractivity contribution in [3.05, 3.63) is 0 Å². The molecule has 3 nitrogen and oxygen atoms in total. The zero-order valence-corrected chi connectivity index (χ0v) is 13.6. The van der Waals surface area contributed by atoms with Gasteiger partial charge >= 0.3 is 0 Å². The highest BCUT2D eigenvalue weighted by molar-refractivity contribution is 5.85. The summed E-state index contributed by atoms with van der Waals surface area (Å²) in [5.41, 5.74) is -0.376.